The molecule has 0 heterocycles. The predicted molar refractivity (Wildman–Crippen MR) is 114 cm³/mol. The van der Waals surface area contributed by atoms with Crippen LogP contribution < -0.4 is 15.4 Å². The van der Waals surface area contributed by atoms with E-state index in [1.807, 2.05) is 26.0 Å². The maximum atomic E-state index is 11.7. The highest BCUT2D eigenvalue weighted by molar-refractivity contribution is 7.90. The zero-order chi connectivity index (χ0) is 20.7. The Balaban J connectivity index is 1.89. The van der Waals surface area contributed by atoms with Crippen molar-refractivity contribution in [1.29, 1.82) is 0 Å². The number of aryl methyl sites for hydroxylation is 2. The highest BCUT2D eigenvalue weighted by Gasteiger charge is 2.11. The molecule has 0 fully saturated rings. The Kier molecular flexibility index (Phi) is 7.45. The first-order valence-electron chi connectivity index (χ1n) is 9.12. The zero-order valence-corrected chi connectivity index (χ0v) is 18.0. The number of hydrogen-bond acceptors (Lipinski definition) is 4. The topological polar surface area (TPSA) is 79.8 Å². The van der Waals surface area contributed by atoms with Gasteiger partial charge in [0.1, 0.15) is 5.75 Å². The van der Waals surface area contributed by atoms with E-state index in [1.54, 1.807) is 20.2 Å². The summed E-state index contributed by atoms with van der Waals surface area (Å²) in [4.78, 5) is 4.60. The number of methoxy groups -OCH3 is 1. The summed E-state index contributed by atoms with van der Waals surface area (Å²) in [7, 11) is 0.207. The summed E-state index contributed by atoms with van der Waals surface area (Å²) in [5.41, 5.74) is 4.06. The summed E-state index contributed by atoms with van der Waals surface area (Å²) in [6.07, 6.45) is 2.07. The van der Waals surface area contributed by atoms with Gasteiger partial charge in [0.2, 0.25) is 0 Å². The number of sulfone groups is 1. The molecule has 0 amide bonds. The summed E-state index contributed by atoms with van der Waals surface area (Å²) in [5, 5.41) is 6.55. The van der Waals surface area contributed by atoms with Crippen LogP contribution in [0.15, 0.2) is 46.3 Å². The average Bonchev–Trinajstić information content (AvgIpc) is 2.64. The lowest BCUT2D eigenvalue weighted by molar-refractivity contribution is 0.411. The zero-order valence-electron chi connectivity index (χ0n) is 17.2. The van der Waals surface area contributed by atoms with Crippen LogP contribution in [-0.4, -0.2) is 41.3 Å². The molecule has 0 bridgehead atoms. The largest absolute Gasteiger partial charge is 0.496 e. The predicted octanol–water partition coefficient (Wildman–Crippen LogP) is 2.62. The minimum Gasteiger partial charge on any atom is -0.496 e. The number of hydrogen-bond donors (Lipinski definition) is 2. The van der Waals surface area contributed by atoms with Crippen LogP contribution in [0, 0.1) is 13.8 Å². The summed E-state index contributed by atoms with van der Waals surface area (Å²) in [6.45, 7) is 5.13. The van der Waals surface area contributed by atoms with E-state index < -0.39 is 9.84 Å². The van der Waals surface area contributed by atoms with Crippen molar-refractivity contribution < 1.29 is 13.2 Å². The van der Waals surface area contributed by atoms with E-state index in [0.29, 0.717) is 17.4 Å². The van der Waals surface area contributed by atoms with Gasteiger partial charge in [0.15, 0.2) is 15.8 Å². The molecule has 0 aromatic heterocycles. The maximum Gasteiger partial charge on any atom is 0.191 e. The first-order chi connectivity index (χ1) is 13.2. The quantitative estimate of drug-likeness (QED) is 0.549. The molecule has 0 aliphatic rings. The van der Waals surface area contributed by atoms with E-state index >= 15 is 0 Å². The molecule has 0 aliphatic heterocycles. The second kappa shape index (κ2) is 9.59. The monoisotopic (exact) mass is 403 g/mol. The van der Waals surface area contributed by atoms with Crippen LogP contribution in [0.1, 0.15) is 22.3 Å². The number of rotatable bonds is 7. The van der Waals surface area contributed by atoms with Crippen LogP contribution in [0.25, 0.3) is 0 Å². The van der Waals surface area contributed by atoms with Gasteiger partial charge in [-0.25, -0.2) is 8.42 Å². The first-order valence-corrected chi connectivity index (χ1v) is 11.0. The summed E-state index contributed by atoms with van der Waals surface area (Å²) < 4.78 is 28.8. The molecule has 0 aliphatic carbocycles. The van der Waals surface area contributed by atoms with Crippen molar-refractivity contribution in [2.45, 2.75) is 31.7 Å². The van der Waals surface area contributed by atoms with Gasteiger partial charge in [-0.3, -0.25) is 4.99 Å². The molecule has 6 nitrogen and oxygen atoms in total. The second-order valence-corrected chi connectivity index (χ2v) is 8.76. The van der Waals surface area contributed by atoms with Crippen LogP contribution in [0.2, 0.25) is 0 Å². The molecular weight excluding hydrogens is 374 g/mol. The van der Waals surface area contributed by atoms with Gasteiger partial charge in [-0.15, -0.1) is 0 Å². The van der Waals surface area contributed by atoms with Crippen molar-refractivity contribution in [3.63, 3.8) is 0 Å². The smallest absolute Gasteiger partial charge is 0.191 e. The van der Waals surface area contributed by atoms with Gasteiger partial charge in [-0.2, -0.15) is 0 Å². The molecule has 0 saturated carbocycles. The third-order valence-electron chi connectivity index (χ3n) is 4.50. The van der Waals surface area contributed by atoms with E-state index in [4.69, 9.17) is 4.74 Å². The molecule has 2 rings (SSSR count). The van der Waals surface area contributed by atoms with E-state index in [1.165, 1.54) is 11.8 Å². The molecule has 2 aromatic rings. The number of guanidine groups is 1. The molecule has 0 atom stereocenters. The third kappa shape index (κ3) is 5.99. The highest BCUT2D eigenvalue weighted by atomic mass is 32.2. The minimum absolute atomic E-state index is 0.368. The molecule has 0 radical (unpaired) electrons. The van der Waals surface area contributed by atoms with Crippen molar-refractivity contribution in [1.82, 2.24) is 10.6 Å². The highest BCUT2D eigenvalue weighted by Crippen LogP contribution is 2.19. The van der Waals surface area contributed by atoms with Gasteiger partial charge >= 0.3 is 0 Å². The molecule has 2 aromatic carbocycles. The standard InChI is InChI=1S/C21H29N3O3S/c1-15-6-7-17(13-19(15)27-4)10-11-23-21(22-3)24-14-18-8-9-20(16(2)12-18)28(5,25)26/h6-9,12-13H,10-11,14H2,1-5H3,(H2,22,23,24). The van der Waals surface area contributed by atoms with E-state index in [-0.39, 0.29) is 0 Å². The lowest BCUT2D eigenvalue weighted by atomic mass is 10.1. The fraction of sp³-hybridized carbons (Fsp3) is 0.381. The van der Waals surface area contributed by atoms with Gasteiger partial charge in [0, 0.05) is 26.4 Å². The Morgan fingerprint density at radius 1 is 1.04 bits per heavy atom. The van der Waals surface area contributed by atoms with Crippen LogP contribution in [-0.2, 0) is 22.8 Å². The molecule has 0 saturated heterocycles. The van der Waals surface area contributed by atoms with Gasteiger partial charge in [-0.1, -0.05) is 24.3 Å². The van der Waals surface area contributed by atoms with Gasteiger partial charge in [0.25, 0.3) is 0 Å². The van der Waals surface area contributed by atoms with Crippen LogP contribution in [0.3, 0.4) is 0 Å². The van der Waals surface area contributed by atoms with Gasteiger partial charge in [-0.05, 0) is 54.7 Å². The Hall–Kier alpha value is -2.54. The fourth-order valence-corrected chi connectivity index (χ4v) is 3.95. The molecule has 0 unspecified atom stereocenters. The molecule has 2 N–H and O–H groups in total. The summed E-state index contributed by atoms with van der Waals surface area (Å²) in [6, 6.07) is 11.6. The Labute approximate surface area is 168 Å². The van der Waals surface area contributed by atoms with Crippen LogP contribution in [0.4, 0.5) is 0 Å². The van der Waals surface area contributed by atoms with E-state index in [2.05, 4.69) is 33.8 Å². The van der Waals surface area contributed by atoms with E-state index in [0.717, 1.165) is 35.4 Å². The first kappa shape index (κ1) is 21.8. The lowest BCUT2D eigenvalue weighted by Crippen LogP contribution is -2.37. The maximum absolute atomic E-state index is 11.7. The molecular formula is C21H29N3O3S. The summed E-state index contributed by atoms with van der Waals surface area (Å²) in [5.74, 6) is 1.59. The lowest BCUT2D eigenvalue weighted by Gasteiger charge is -2.13. The van der Waals surface area contributed by atoms with Crippen LogP contribution >= 0.6 is 0 Å². The number of nitrogens with one attached hydrogen (secondary N) is 2. The Morgan fingerprint density at radius 3 is 2.36 bits per heavy atom. The molecule has 28 heavy (non-hydrogen) atoms. The van der Waals surface area contributed by atoms with E-state index in [9.17, 15) is 8.42 Å². The number of benzene rings is 2. The molecule has 152 valence electrons. The Morgan fingerprint density at radius 2 is 1.75 bits per heavy atom. The number of ether oxygens (including phenoxy) is 1. The SMILES string of the molecule is CN=C(NCCc1ccc(C)c(OC)c1)NCc1ccc(S(C)(=O)=O)c(C)c1. The number of nitrogens with zero attached hydrogens (tertiary/aromatic N) is 1. The van der Waals surface area contributed by atoms with Crippen molar-refractivity contribution >= 4 is 15.8 Å². The fourth-order valence-electron chi connectivity index (χ4n) is 2.99. The van der Waals surface area contributed by atoms with Crippen molar-refractivity contribution in [3.8, 4) is 5.75 Å². The van der Waals surface area contributed by atoms with Crippen molar-refractivity contribution in [2.75, 3.05) is 27.0 Å². The third-order valence-corrected chi connectivity index (χ3v) is 5.76. The average molecular weight is 404 g/mol. The summed E-state index contributed by atoms with van der Waals surface area (Å²) >= 11 is 0. The number of aliphatic imine (C=N–C) groups is 1. The second-order valence-electron chi connectivity index (χ2n) is 6.78. The van der Waals surface area contributed by atoms with Crippen molar-refractivity contribution in [2.24, 2.45) is 4.99 Å². The van der Waals surface area contributed by atoms with Crippen LogP contribution in [0.5, 0.6) is 5.75 Å². The van der Waals surface area contributed by atoms with Gasteiger partial charge < -0.3 is 15.4 Å². The molecule has 7 heteroatoms. The minimum atomic E-state index is -3.20. The Bertz CT molecular complexity index is 953. The van der Waals surface area contributed by atoms with Gasteiger partial charge in [0.05, 0.1) is 12.0 Å². The van der Waals surface area contributed by atoms with Crippen molar-refractivity contribution in [3.05, 3.63) is 58.7 Å². The molecule has 0 spiro atoms. The normalized spacial score (nSPS) is 12.0.